The zero-order valence-corrected chi connectivity index (χ0v) is 20.6. The third kappa shape index (κ3) is 3.36. The van der Waals surface area contributed by atoms with Crippen LogP contribution in [0, 0.1) is 0 Å². The van der Waals surface area contributed by atoms with Gasteiger partial charge < -0.3 is 15.6 Å². The van der Waals surface area contributed by atoms with Gasteiger partial charge in [0.05, 0.1) is 11.7 Å². The lowest BCUT2D eigenvalue weighted by Gasteiger charge is -2.43. The number of amides is 2. The van der Waals surface area contributed by atoms with Crippen LogP contribution in [-0.2, 0) is 15.1 Å². The first-order valence-corrected chi connectivity index (χ1v) is 13.3. The summed E-state index contributed by atoms with van der Waals surface area (Å²) in [7, 11) is 0. The normalized spacial score (nSPS) is 25.0. The summed E-state index contributed by atoms with van der Waals surface area (Å²) in [6.45, 7) is 0. The van der Waals surface area contributed by atoms with Crippen LogP contribution in [0.4, 0.5) is 5.69 Å². The standard InChI is InChI=1S/C31H30N4O2/c36-29(32-20-13-5-2-6-14-20)27-25(19-11-3-1-4-12-19)26-21-15-7-9-17-23(21)33-28(26)31(35-27)22-16-8-10-18-24(22)34-30(31)37/h1,3-4,7-12,15-18,20,25,27,33,35H,2,5-6,13-14H2,(H,32,36)(H,34,37)/t25-,27+,31?/m0/s1. The van der Waals surface area contributed by atoms with Crippen LogP contribution in [0.5, 0.6) is 0 Å². The number of hydrogen-bond donors (Lipinski definition) is 4. The number of para-hydroxylation sites is 2. The van der Waals surface area contributed by atoms with Crippen molar-refractivity contribution in [1.29, 1.82) is 0 Å². The lowest BCUT2D eigenvalue weighted by atomic mass is 9.72. The largest absolute Gasteiger partial charge is 0.356 e. The van der Waals surface area contributed by atoms with Crippen molar-refractivity contribution in [2.75, 3.05) is 5.32 Å². The van der Waals surface area contributed by atoms with Crippen LogP contribution in [0.3, 0.4) is 0 Å². The summed E-state index contributed by atoms with van der Waals surface area (Å²) in [5.74, 6) is -0.473. The molecule has 3 heterocycles. The zero-order chi connectivity index (χ0) is 25.0. The Morgan fingerprint density at radius 2 is 1.59 bits per heavy atom. The van der Waals surface area contributed by atoms with Crippen LogP contribution < -0.4 is 16.0 Å². The Morgan fingerprint density at radius 1 is 0.865 bits per heavy atom. The van der Waals surface area contributed by atoms with E-state index in [4.69, 9.17) is 0 Å². The second kappa shape index (κ2) is 8.60. The van der Waals surface area contributed by atoms with Crippen LogP contribution in [-0.4, -0.2) is 28.9 Å². The molecule has 1 fully saturated rings. The summed E-state index contributed by atoms with van der Waals surface area (Å²) < 4.78 is 0. The van der Waals surface area contributed by atoms with E-state index in [9.17, 15) is 9.59 Å². The fourth-order valence-electron chi connectivity index (χ4n) is 6.76. The third-order valence-electron chi connectivity index (χ3n) is 8.45. The Balaban J connectivity index is 1.47. The molecule has 1 aromatic heterocycles. The van der Waals surface area contributed by atoms with Gasteiger partial charge in [-0.25, -0.2) is 0 Å². The van der Waals surface area contributed by atoms with Crippen molar-refractivity contribution >= 4 is 28.4 Å². The number of hydrogen-bond acceptors (Lipinski definition) is 3. The first kappa shape index (κ1) is 22.3. The molecule has 186 valence electrons. The number of carbonyl (C=O) groups excluding carboxylic acids is 2. The predicted molar refractivity (Wildman–Crippen MR) is 144 cm³/mol. The highest BCUT2D eigenvalue weighted by Crippen LogP contribution is 2.51. The average molecular weight is 491 g/mol. The molecule has 0 radical (unpaired) electrons. The molecule has 1 saturated carbocycles. The van der Waals surface area contributed by atoms with Crippen molar-refractivity contribution in [2.24, 2.45) is 0 Å². The van der Waals surface area contributed by atoms with Gasteiger partial charge in [-0.15, -0.1) is 0 Å². The average Bonchev–Trinajstić information content (AvgIpc) is 3.46. The van der Waals surface area contributed by atoms with Gasteiger partial charge in [0.15, 0.2) is 5.54 Å². The van der Waals surface area contributed by atoms with E-state index in [1.165, 1.54) is 6.42 Å². The number of aromatic nitrogens is 1. The van der Waals surface area contributed by atoms with E-state index in [-0.39, 0.29) is 23.8 Å². The van der Waals surface area contributed by atoms with Gasteiger partial charge in [-0.3, -0.25) is 14.9 Å². The number of aromatic amines is 1. The fraction of sp³-hybridized carbons (Fsp3) is 0.290. The molecule has 1 spiro atoms. The summed E-state index contributed by atoms with van der Waals surface area (Å²) >= 11 is 0. The first-order chi connectivity index (χ1) is 18.2. The van der Waals surface area contributed by atoms with Crippen molar-refractivity contribution < 1.29 is 9.59 Å². The lowest BCUT2D eigenvalue weighted by molar-refractivity contribution is -0.127. The summed E-state index contributed by atoms with van der Waals surface area (Å²) in [4.78, 5) is 31.7. The van der Waals surface area contributed by atoms with Gasteiger partial charge in [0.2, 0.25) is 5.91 Å². The van der Waals surface area contributed by atoms with Gasteiger partial charge in [0.25, 0.3) is 5.91 Å². The Hall–Kier alpha value is -3.90. The van der Waals surface area contributed by atoms with E-state index in [0.29, 0.717) is 0 Å². The molecule has 37 heavy (non-hydrogen) atoms. The molecule has 6 nitrogen and oxygen atoms in total. The number of carbonyl (C=O) groups is 2. The van der Waals surface area contributed by atoms with E-state index >= 15 is 0 Å². The highest BCUT2D eigenvalue weighted by atomic mass is 16.2. The second-order valence-corrected chi connectivity index (χ2v) is 10.6. The highest BCUT2D eigenvalue weighted by molar-refractivity contribution is 6.10. The van der Waals surface area contributed by atoms with E-state index in [0.717, 1.165) is 64.7 Å². The number of fused-ring (bicyclic) bond motifs is 6. The molecule has 1 aliphatic carbocycles. The van der Waals surface area contributed by atoms with E-state index < -0.39 is 11.6 Å². The maximum Gasteiger partial charge on any atom is 0.255 e. The van der Waals surface area contributed by atoms with E-state index in [1.54, 1.807) is 0 Å². The lowest BCUT2D eigenvalue weighted by Crippen LogP contribution is -2.63. The SMILES string of the molecule is O=C(NC1CCCCC1)[C@@H]1NC2(C(=O)Nc3ccccc32)c2[nH]c3ccccc3c2[C@@H]1c1ccccc1. The summed E-state index contributed by atoms with van der Waals surface area (Å²) in [5, 5.41) is 11.1. The third-order valence-corrected chi connectivity index (χ3v) is 8.45. The molecule has 6 heteroatoms. The van der Waals surface area contributed by atoms with Crippen LogP contribution >= 0.6 is 0 Å². The predicted octanol–water partition coefficient (Wildman–Crippen LogP) is 4.92. The van der Waals surface area contributed by atoms with Crippen molar-refractivity contribution in [2.45, 2.75) is 55.6 Å². The number of rotatable bonds is 3. The minimum atomic E-state index is -1.19. The molecular formula is C31H30N4O2. The van der Waals surface area contributed by atoms with Gasteiger partial charge in [-0.05, 0) is 36.1 Å². The Labute approximate surface area is 215 Å². The first-order valence-electron chi connectivity index (χ1n) is 13.3. The molecule has 3 aliphatic rings. The number of anilines is 1. The van der Waals surface area contributed by atoms with Crippen molar-refractivity contribution in [3.8, 4) is 0 Å². The molecular weight excluding hydrogens is 460 g/mol. The smallest absolute Gasteiger partial charge is 0.255 e. The minimum absolute atomic E-state index is 0.0479. The topological polar surface area (TPSA) is 86.0 Å². The Kier molecular flexibility index (Phi) is 5.18. The maximum absolute atomic E-state index is 14.2. The molecule has 7 rings (SSSR count). The molecule has 3 aromatic carbocycles. The second-order valence-electron chi connectivity index (χ2n) is 10.6. The van der Waals surface area contributed by atoms with Crippen LogP contribution in [0.2, 0.25) is 0 Å². The van der Waals surface area contributed by atoms with E-state index in [1.807, 2.05) is 60.7 Å². The van der Waals surface area contributed by atoms with Crippen molar-refractivity contribution in [3.05, 3.63) is 101 Å². The minimum Gasteiger partial charge on any atom is -0.356 e. The number of nitrogens with one attached hydrogen (secondary N) is 4. The van der Waals surface area contributed by atoms with Gasteiger partial charge >= 0.3 is 0 Å². The molecule has 4 N–H and O–H groups in total. The van der Waals surface area contributed by atoms with E-state index in [2.05, 4.69) is 39.1 Å². The van der Waals surface area contributed by atoms with Crippen LogP contribution in [0.15, 0.2) is 78.9 Å². The molecule has 3 atom stereocenters. The van der Waals surface area contributed by atoms with Gasteiger partial charge in [-0.1, -0.05) is 86.0 Å². The van der Waals surface area contributed by atoms with Crippen molar-refractivity contribution in [1.82, 2.24) is 15.6 Å². The molecule has 0 saturated heterocycles. The zero-order valence-electron chi connectivity index (χ0n) is 20.6. The maximum atomic E-state index is 14.2. The van der Waals surface area contributed by atoms with Gasteiger partial charge in [0.1, 0.15) is 0 Å². The molecule has 2 aliphatic heterocycles. The van der Waals surface area contributed by atoms with Gasteiger partial charge in [0, 0.05) is 34.1 Å². The monoisotopic (exact) mass is 490 g/mol. The number of H-pyrrole nitrogens is 1. The molecule has 1 unspecified atom stereocenters. The summed E-state index contributed by atoms with van der Waals surface area (Å²) in [6.07, 6.45) is 5.50. The summed E-state index contributed by atoms with van der Waals surface area (Å²) in [6, 6.07) is 25.7. The van der Waals surface area contributed by atoms with Gasteiger partial charge in [-0.2, -0.15) is 0 Å². The fourth-order valence-corrected chi connectivity index (χ4v) is 6.76. The quantitative estimate of drug-likeness (QED) is 0.329. The van der Waals surface area contributed by atoms with Crippen LogP contribution in [0.25, 0.3) is 10.9 Å². The molecule has 4 aromatic rings. The summed E-state index contributed by atoms with van der Waals surface area (Å²) in [5.41, 5.74) is 4.25. The highest BCUT2D eigenvalue weighted by Gasteiger charge is 2.57. The van der Waals surface area contributed by atoms with Crippen molar-refractivity contribution in [3.63, 3.8) is 0 Å². The molecule has 2 amide bonds. The Morgan fingerprint density at radius 3 is 2.43 bits per heavy atom. The Bertz CT molecular complexity index is 1500. The van der Waals surface area contributed by atoms with Crippen LogP contribution in [0.1, 0.15) is 60.4 Å². The number of benzene rings is 3. The molecule has 0 bridgehead atoms.